The van der Waals surface area contributed by atoms with Gasteiger partial charge in [-0.05, 0) is 63.4 Å². The number of likely N-dealkylation sites (N-methyl/N-ethyl adjacent to an activating group) is 1. The first-order valence-electron chi connectivity index (χ1n) is 15.4. The molecule has 0 unspecified atom stereocenters. The molecule has 4 rings (SSSR count). The third-order valence-electron chi connectivity index (χ3n) is 8.04. The summed E-state index contributed by atoms with van der Waals surface area (Å²) < 4.78 is 41.9. The molecule has 0 spiro atoms. The number of anilines is 1. The maximum Gasteiger partial charge on any atom is 0.261 e. The largest absolute Gasteiger partial charge is 0.490 e. The van der Waals surface area contributed by atoms with Crippen LogP contribution in [-0.4, -0.2) is 101 Å². The fourth-order valence-electron chi connectivity index (χ4n) is 5.20. The minimum absolute atomic E-state index is 0.0386. The van der Waals surface area contributed by atoms with Crippen molar-refractivity contribution in [3.05, 3.63) is 66.4 Å². The summed E-state index contributed by atoms with van der Waals surface area (Å²) in [4.78, 5) is 36.7. The molecule has 1 aliphatic rings. The molecule has 1 aliphatic heterocycles. The van der Waals surface area contributed by atoms with Gasteiger partial charge >= 0.3 is 0 Å². The Morgan fingerprint density at radius 2 is 1.93 bits per heavy atom. The quantitative estimate of drug-likeness (QED) is 0.372. The Kier molecular flexibility index (Phi) is 11.9. The Bertz CT molecular complexity index is 1580. The minimum atomic E-state index is -3.88. The average Bonchev–Trinajstić information content (AvgIpc) is 3.49. The molecule has 2 N–H and O–H groups in total. The van der Waals surface area contributed by atoms with Gasteiger partial charge in [0, 0.05) is 69.6 Å². The highest BCUT2D eigenvalue weighted by atomic mass is 32.2. The number of benzene rings is 1. The number of carbonyl (C=O) groups excluding carboxylic acids is 2. The average molecular weight is 657 g/mol. The number of rotatable bonds is 8. The number of aliphatic hydroxyl groups is 1. The Balaban J connectivity index is 1.65. The summed E-state index contributed by atoms with van der Waals surface area (Å²) in [5.41, 5.74) is 1.05. The molecular formula is C32H44N6O7S. The minimum Gasteiger partial charge on any atom is -0.490 e. The van der Waals surface area contributed by atoms with E-state index in [9.17, 15) is 23.1 Å². The Morgan fingerprint density at radius 3 is 2.61 bits per heavy atom. The summed E-state index contributed by atoms with van der Waals surface area (Å²) in [6.07, 6.45) is 7.36. The second-order valence-corrected chi connectivity index (χ2v) is 13.9. The van der Waals surface area contributed by atoms with Crippen LogP contribution >= 0.6 is 0 Å². The second-order valence-electron chi connectivity index (χ2n) is 11.9. The van der Waals surface area contributed by atoms with Gasteiger partial charge in [-0.2, -0.15) is 4.31 Å². The van der Waals surface area contributed by atoms with E-state index in [0.717, 1.165) is 12.8 Å². The Hall–Kier alpha value is -3.85. The first kappa shape index (κ1) is 35.0. The number of aliphatic hydroxyl groups excluding tert-OH is 1. The summed E-state index contributed by atoms with van der Waals surface area (Å²) in [5.74, 6) is -0.724. The molecule has 14 heteroatoms. The SMILES string of the molecule is C[C@H](CO)N1C[C@H](C)[C@@H](CN(C)S(=O)(=O)c2cn(C)cn2)OCCCC[C@H](C)Oc2ccc(NC(=O)c3ccncc3)cc2C1=O. The van der Waals surface area contributed by atoms with Crippen LogP contribution in [0.15, 0.2) is 60.3 Å². The molecule has 0 aliphatic carbocycles. The van der Waals surface area contributed by atoms with Crippen LogP contribution in [0.25, 0.3) is 0 Å². The van der Waals surface area contributed by atoms with Crippen molar-refractivity contribution in [1.82, 2.24) is 23.7 Å². The summed E-state index contributed by atoms with van der Waals surface area (Å²) in [6, 6.07) is 7.54. The van der Waals surface area contributed by atoms with Crippen molar-refractivity contribution >= 4 is 27.5 Å². The van der Waals surface area contributed by atoms with Crippen LogP contribution in [0.4, 0.5) is 5.69 Å². The van der Waals surface area contributed by atoms with Gasteiger partial charge in [-0.1, -0.05) is 6.92 Å². The maximum absolute atomic E-state index is 14.3. The van der Waals surface area contributed by atoms with Gasteiger partial charge in [-0.3, -0.25) is 14.6 Å². The highest BCUT2D eigenvalue weighted by Crippen LogP contribution is 2.29. The van der Waals surface area contributed by atoms with Crippen molar-refractivity contribution in [2.45, 2.75) is 63.3 Å². The van der Waals surface area contributed by atoms with E-state index in [4.69, 9.17) is 9.47 Å². The number of hydrogen-bond acceptors (Lipinski definition) is 9. The van der Waals surface area contributed by atoms with E-state index in [-0.39, 0.29) is 48.2 Å². The lowest BCUT2D eigenvalue weighted by atomic mass is 10.0. The second kappa shape index (κ2) is 15.6. The van der Waals surface area contributed by atoms with Crippen LogP contribution in [0, 0.1) is 5.92 Å². The van der Waals surface area contributed by atoms with Crippen molar-refractivity contribution in [2.24, 2.45) is 13.0 Å². The van der Waals surface area contributed by atoms with Crippen molar-refractivity contribution in [2.75, 3.05) is 38.7 Å². The van der Waals surface area contributed by atoms with Crippen LogP contribution in [0.3, 0.4) is 0 Å². The molecule has 46 heavy (non-hydrogen) atoms. The van der Waals surface area contributed by atoms with Crippen LogP contribution in [0.2, 0.25) is 0 Å². The van der Waals surface area contributed by atoms with E-state index in [1.807, 2.05) is 13.8 Å². The van der Waals surface area contributed by atoms with Gasteiger partial charge in [0.15, 0.2) is 5.03 Å². The Morgan fingerprint density at radius 1 is 1.20 bits per heavy atom. The number of fused-ring (bicyclic) bond motifs is 1. The molecule has 0 bridgehead atoms. The van der Waals surface area contributed by atoms with Gasteiger partial charge in [0.25, 0.3) is 21.8 Å². The predicted molar refractivity (Wildman–Crippen MR) is 172 cm³/mol. The molecule has 0 saturated heterocycles. The van der Waals surface area contributed by atoms with E-state index in [2.05, 4.69) is 15.3 Å². The highest BCUT2D eigenvalue weighted by Gasteiger charge is 2.33. The zero-order valence-corrected chi connectivity index (χ0v) is 27.8. The number of hydrogen-bond donors (Lipinski definition) is 2. The van der Waals surface area contributed by atoms with Crippen molar-refractivity contribution in [3.63, 3.8) is 0 Å². The lowest BCUT2D eigenvalue weighted by Crippen LogP contribution is -2.48. The molecule has 13 nitrogen and oxygen atoms in total. The van der Waals surface area contributed by atoms with Gasteiger partial charge < -0.3 is 29.4 Å². The normalized spacial score (nSPS) is 20.8. The summed E-state index contributed by atoms with van der Waals surface area (Å²) in [7, 11) is -0.696. The smallest absolute Gasteiger partial charge is 0.261 e. The first-order valence-corrected chi connectivity index (χ1v) is 16.8. The fourth-order valence-corrected chi connectivity index (χ4v) is 6.35. The van der Waals surface area contributed by atoms with Gasteiger partial charge in [0.05, 0.1) is 36.7 Å². The predicted octanol–water partition coefficient (Wildman–Crippen LogP) is 3.18. The van der Waals surface area contributed by atoms with Gasteiger partial charge in [0.1, 0.15) is 5.75 Å². The number of aryl methyl sites for hydroxylation is 1. The van der Waals surface area contributed by atoms with Crippen LogP contribution in [-0.2, 0) is 21.8 Å². The van der Waals surface area contributed by atoms with Crippen LogP contribution in [0.1, 0.15) is 60.7 Å². The third-order valence-corrected chi connectivity index (χ3v) is 9.75. The van der Waals surface area contributed by atoms with E-state index in [0.29, 0.717) is 30.0 Å². The number of amides is 2. The molecule has 3 heterocycles. The highest BCUT2D eigenvalue weighted by molar-refractivity contribution is 7.89. The third kappa shape index (κ3) is 8.69. The van der Waals surface area contributed by atoms with Crippen LogP contribution < -0.4 is 10.1 Å². The van der Waals surface area contributed by atoms with E-state index >= 15 is 0 Å². The number of nitrogens with zero attached hydrogens (tertiary/aromatic N) is 5. The number of ether oxygens (including phenoxy) is 2. The zero-order chi connectivity index (χ0) is 33.4. The maximum atomic E-state index is 14.3. The lowest BCUT2D eigenvalue weighted by molar-refractivity contribution is -0.00835. The van der Waals surface area contributed by atoms with Crippen molar-refractivity contribution in [1.29, 1.82) is 0 Å². The molecule has 2 aromatic heterocycles. The molecule has 2 amide bonds. The molecule has 0 fully saturated rings. The zero-order valence-electron chi connectivity index (χ0n) is 27.0. The van der Waals surface area contributed by atoms with Gasteiger partial charge in [-0.25, -0.2) is 13.4 Å². The van der Waals surface area contributed by atoms with E-state index in [1.165, 1.54) is 36.3 Å². The molecule has 4 atom stereocenters. The lowest BCUT2D eigenvalue weighted by Gasteiger charge is -2.35. The Labute approximate surface area is 270 Å². The summed E-state index contributed by atoms with van der Waals surface area (Å²) in [6.45, 7) is 5.86. The molecule has 0 saturated carbocycles. The molecule has 3 aromatic rings. The molecule has 1 aromatic carbocycles. The number of carbonyl (C=O) groups is 2. The molecular weight excluding hydrogens is 612 g/mol. The van der Waals surface area contributed by atoms with E-state index < -0.39 is 28.1 Å². The number of pyridine rings is 1. The van der Waals surface area contributed by atoms with Gasteiger partial charge in [-0.15, -0.1) is 0 Å². The summed E-state index contributed by atoms with van der Waals surface area (Å²) >= 11 is 0. The van der Waals surface area contributed by atoms with Crippen molar-refractivity contribution in [3.8, 4) is 5.75 Å². The molecule has 250 valence electrons. The van der Waals surface area contributed by atoms with Crippen LogP contribution in [0.5, 0.6) is 5.75 Å². The summed E-state index contributed by atoms with van der Waals surface area (Å²) in [5, 5.41) is 13.0. The number of nitrogens with one attached hydrogen (secondary N) is 1. The first-order chi connectivity index (χ1) is 21.9. The number of imidazole rings is 1. The molecule has 0 radical (unpaired) electrons. The fraction of sp³-hybridized carbons (Fsp3) is 0.500. The number of sulfonamides is 1. The topological polar surface area (TPSA) is 156 Å². The number of aromatic nitrogens is 3. The monoisotopic (exact) mass is 656 g/mol. The van der Waals surface area contributed by atoms with E-state index in [1.54, 1.807) is 53.8 Å². The standard InChI is InChI=1S/C32H44N6O7S/c1-22-17-38(23(2)20-39)32(41)27-16-26(35-31(40)25-11-13-33-14-12-25)9-10-28(27)45-24(3)8-6-7-15-44-29(22)18-37(5)46(42,43)30-19-36(4)21-34-30/h9-14,16,19,21-24,29,39H,6-8,15,17-18,20H2,1-5H3,(H,35,40)/t22-,23+,24-,29+/m0/s1. The van der Waals surface area contributed by atoms with Crippen molar-refractivity contribution < 1.29 is 32.6 Å². The van der Waals surface area contributed by atoms with Gasteiger partial charge in [0.2, 0.25) is 0 Å².